The summed E-state index contributed by atoms with van der Waals surface area (Å²) >= 11 is 8.66. The second-order valence-electron chi connectivity index (χ2n) is 4.05. The van der Waals surface area contributed by atoms with Crippen molar-refractivity contribution in [3.8, 4) is 0 Å². The molecule has 6 heteroatoms. The number of nitrogens with one attached hydrogen (secondary N) is 2. The Morgan fingerprint density at radius 3 is 3.05 bits per heavy atom. The van der Waals surface area contributed by atoms with Gasteiger partial charge in [-0.3, -0.25) is 0 Å². The minimum atomic E-state index is 0.642. The van der Waals surface area contributed by atoms with Crippen LogP contribution in [-0.4, -0.2) is 21.2 Å². The summed E-state index contributed by atoms with van der Waals surface area (Å²) in [7, 11) is 0. The number of imidazole rings is 1. The highest BCUT2D eigenvalue weighted by Crippen LogP contribution is 2.15. The Morgan fingerprint density at radius 2 is 2.32 bits per heavy atom. The minimum Gasteiger partial charge on any atom is -0.362 e. The van der Waals surface area contributed by atoms with Gasteiger partial charge >= 0.3 is 0 Å². The molecule has 0 aliphatic heterocycles. The topological polar surface area (TPSA) is 41.9 Å². The van der Waals surface area contributed by atoms with Gasteiger partial charge in [0.15, 0.2) is 5.11 Å². The van der Waals surface area contributed by atoms with E-state index in [2.05, 4.69) is 31.5 Å². The molecular weight excluding hydrogens is 324 g/mol. The van der Waals surface area contributed by atoms with Gasteiger partial charge in [0.25, 0.3) is 0 Å². The normalized spacial score (nSPS) is 10.2. The standard InChI is InChI=1S/C13H15BrN4S/c14-11-3-1-4-12(9-11)17-13(19)16-5-2-7-18-8-6-15-10-18/h1,3-4,6,8-10H,2,5,7H2,(H2,16,17,19). The van der Waals surface area contributed by atoms with E-state index in [1.807, 2.05) is 41.4 Å². The molecule has 0 unspecified atom stereocenters. The maximum absolute atomic E-state index is 5.24. The molecular formula is C13H15BrN4S. The van der Waals surface area contributed by atoms with E-state index in [1.54, 1.807) is 6.20 Å². The molecule has 1 heterocycles. The van der Waals surface area contributed by atoms with Crippen molar-refractivity contribution in [2.24, 2.45) is 0 Å². The highest BCUT2D eigenvalue weighted by molar-refractivity contribution is 9.10. The predicted molar refractivity (Wildman–Crippen MR) is 85.2 cm³/mol. The van der Waals surface area contributed by atoms with Gasteiger partial charge in [0.1, 0.15) is 0 Å². The molecule has 0 saturated heterocycles. The molecule has 0 fully saturated rings. The zero-order valence-electron chi connectivity index (χ0n) is 10.3. The Bertz CT molecular complexity index is 527. The Kier molecular flexibility index (Phi) is 5.35. The van der Waals surface area contributed by atoms with Crippen molar-refractivity contribution in [1.82, 2.24) is 14.9 Å². The smallest absolute Gasteiger partial charge is 0.170 e. The second kappa shape index (κ2) is 7.25. The third-order valence-corrected chi connectivity index (χ3v) is 3.26. The van der Waals surface area contributed by atoms with Crippen molar-refractivity contribution in [2.75, 3.05) is 11.9 Å². The summed E-state index contributed by atoms with van der Waals surface area (Å²) in [5.74, 6) is 0. The maximum Gasteiger partial charge on any atom is 0.170 e. The van der Waals surface area contributed by atoms with E-state index in [0.717, 1.165) is 29.7 Å². The third kappa shape index (κ3) is 5.00. The van der Waals surface area contributed by atoms with Gasteiger partial charge in [0, 0.05) is 35.6 Å². The summed E-state index contributed by atoms with van der Waals surface area (Å²) in [6, 6.07) is 7.91. The van der Waals surface area contributed by atoms with Crippen LogP contribution in [-0.2, 0) is 6.54 Å². The van der Waals surface area contributed by atoms with Crippen molar-refractivity contribution < 1.29 is 0 Å². The van der Waals surface area contributed by atoms with E-state index in [0.29, 0.717) is 5.11 Å². The molecule has 0 radical (unpaired) electrons. The number of benzene rings is 1. The average Bonchev–Trinajstić information content (AvgIpc) is 2.88. The first-order valence-corrected chi connectivity index (χ1v) is 7.20. The van der Waals surface area contributed by atoms with Crippen LogP contribution in [0.5, 0.6) is 0 Å². The van der Waals surface area contributed by atoms with E-state index in [1.165, 1.54) is 0 Å². The van der Waals surface area contributed by atoms with Crippen molar-refractivity contribution in [2.45, 2.75) is 13.0 Å². The number of aromatic nitrogens is 2. The van der Waals surface area contributed by atoms with Gasteiger partial charge in [0.2, 0.25) is 0 Å². The Morgan fingerprint density at radius 1 is 1.42 bits per heavy atom. The van der Waals surface area contributed by atoms with Crippen LogP contribution >= 0.6 is 28.1 Å². The molecule has 0 spiro atoms. The van der Waals surface area contributed by atoms with Crippen molar-refractivity contribution in [3.63, 3.8) is 0 Å². The van der Waals surface area contributed by atoms with Crippen LogP contribution in [0.15, 0.2) is 47.5 Å². The molecule has 0 saturated carbocycles. The summed E-state index contributed by atoms with van der Waals surface area (Å²) in [5, 5.41) is 6.97. The van der Waals surface area contributed by atoms with Gasteiger partial charge < -0.3 is 15.2 Å². The first-order valence-electron chi connectivity index (χ1n) is 6.00. The first kappa shape index (κ1) is 14.0. The molecule has 4 nitrogen and oxygen atoms in total. The largest absolute Gasteiger partial charge is 0.362 e. The Labute approximate surface area is 126 Å². The molecule has 0 aliphatic carbocycles. The molecule has 0 aliphatic rings. The summed E-state index contributed by atoms with van der Waals surface area (Å²) in [4.78, 5) is 4.00. The molecule has 1 aromatic heterocycles. The lowest BCUT2D eigenvalue weighted by Gasteiger charge is -2.10. The molecule has 0 atom stereocenters. The third-order valence-electron chi connectivity index (χ3n) is 2.52. The first-order chi connectivity index (χ1) is 9.24. The number of nitrogens with zero attached hydrogens (tertiary/aromatic N) is 2. The van der Waals surface area contributed by atoms with Crippen LogP contribution in [0.4, 0.5) is 5.69 Å². The minimum absolute atomic E-state index is 0.642. The highest BCUT2D eigenvalue weighted by Gasteiger charge is 1.98. The zero-order valence-corrected chi connectivity index (χ0v) is 12.7. The van der Waals surface area contributed by atoms with Gasteiger partial charge in [0.05, 0.1) is 6.33 Å². The molecule has 2 N–H and O–H groups in total. The predicted octanol–water partition coefficient (Wildman–Crippen LogP) is 3.02. The fourth-order valence-electron chi connectivity index (χ4n) is 1.62. The van der Waals surface area contributed by atoms with Crippen LogP contribution in [0.1, 0.15) is 6.42 Å². The molecule has 2 aromatic rings. The number of hydrogen-bond donors (Lipinski definition) is 2. The number of halogens is 1. The van der Waals surface area contributed by atoms with E-state index in [-0.39, 0.29) is 0 Å². The van der Waals surface area contributed by atoms with Crippen LogP contribution in [0.25, 0.3) is 0 Å². The van der Waals surface area contributed by atoms with Gasteiger partial charge in [-0.2, -0.15) is 0 Å². The SMILES string of the molecule is S=C(NCCCn1ccnc1)Nc1cccc(Br)c1. The highest BCUT2D eigenvalue weighted by atomic mass is 79.9. The lowest BCUT2D eigenvalue weighted by Crippen LogP contribution is -2.29. The van der Waals surface area contributed by atoms with E-state index in [4.69, 9.17) is 12.2 Å². The molecule has 2 rings (SSSR count). The summed E-state index contributed by atoms with van der Waals surface area (Å²) in [5.41, 5.74) is 0.974. The fraction of sp³-hybridized carbons (Fsp3) is 0.231. The van der Waals surface area contributed by atoms with Crippen molar-refractivity contribution in [1.29, 1.82) is 0 Å². The maximum atomic E-state index is 5.24. The van der Waals surface area contributed by atoms with Gasteiger partial charge in [-0.1, -0.05) is 22.0 Å². The van der Waals surface area contributed by atoms with E-state index in [9.17, 15) is 0 Å². The Balaban J connectivity index is 1.67. The second-order valence-corrected chi connectivity index (χ2v) is 5.37. The molecule has 100 valence electrons. The van der Waals surface area contributed by atoms with E-state index >= 15 is 0 Å². The molecule has 0 bridgehead atoms. The van der Waals surface area contributed by atoms with Crippen LogP contribution in [0.2, 0.25) is 0 Å². The zero-order chi connectivity index (χ0) is 13.5. The quantitative estimate of drug-likeness (QED) is 0.649. The van der Waals surface area contributed by atoms with Gasteiger partial charge in [-0.05, 0) is 36.8 Å². The van der Waals surface area contributed by atoms with Crippen molar-refractivity contribution in [3.05, 3.63) is 47.5 Å². The lowest BCUT2D eigenvalue weighted by atomic mass is 10.3. The van der Waals surface area contributed by atoms with Crippen molar-refractivity contribution >= 4 is 38.9 Å². The lowest BCUT2D eigenvalue weighted by molar-refractivity contribution is 0.632. The Hall–Kier alpha value is -1.40. The number of thiocarbonyl (C=S) groups is 1. The number of anilines is 1. The number of aryl methyl sites for hydroxylation is 1. The summed E-state index contributed by atoms with van der Waals surface area (Å²) in [6.45, 7) is 1.77. The van der Waals surface area contributed by atoms with Gasteiger partial charge in [-0.15, -0.1) is 0 Å². The molecule has 1 aromatic carbocycles. The van der Waals surface area contributed by atoms with Gasteiger partial charge in [-0.25, -0.2) is 4.98 Å². The number of hydrogen-bond acceptors (Lipinski definition) is 2. The van der Waals surface area contributed by atoms with Crippen LogP contribution in [0, 0.1) is 0 Å². The average molecular weight is 339 g/mol. The van der Waals surface area contributed by atoms with E-state index < -0.39 is 0 Å². The fourth-order valence-corrected chi connectivity index (χ4v) is 2.24. The van der Waals surface area contributed by atoms with Crippen LogP contribution in [0.3, 0.4) is 0 Å². The summed E-state index contributed by atoms with van der Waals surface area (Å²) < 4.78 is 3.08. The number of rotatable bonds is 5. The van der Waals surface area contributed by atoms with Crippen LogP contribution < -0.4 is 10.6 Å². The molecule has 0 amide bonds. The summed E-state index contributed by atoms with van der Waals surface area (Å²) in [6.07, 6.45) is 6.56. The molecule has 19 heavy (non-hydrogen) atoms. The monoisotopic (exact) mass is 338 g/mol.